The van der Waals surface area contributed by atoms with Crippen molar-refractivity contribution in [3.63, 3.8) is 0 Å². The summed E-state index contributed by atoms with van der Waals surface area (Å²) in [7, 11) is -5.90. The van der Waals surface area contributed by atoms with Crippen LogP contribution in [0.2, 0.25) is 0 Å². The Morgan fingerprint density at radius 3 is 1.42 bits per heavy atom. The van der Waals surface area contributed by atoms with E-state index in [2.05, 4.69) is 19.9 Å². The third-order valence-corrected chi connectivity index (χ3v) is 23.9. The summed E-state index contributed by atoms with van der Waals surface area (Å²) in [5.74, 6) is 1.80. The number of pyridine rings is 2. The van der Waals surface area contributed by atoms with E-state index in [1.807, 2.05) is 55.4 Å². The lowest BCUT2D eigenvalue weighted by atomic mass is 9.70. The van der Waals surface area contributed by atoms with Crippen molar-refractivity contribution in [2.45, 2.75) is 123 Å². The zero-order valence-corrected chi connectivity index (χ0v) is 48.3. The average molecular weight is 1140 g/mol. The first kappa shape index (κ1) is 57.6. The van der Waals surface area contributed by atoms with Gasteiger partial charge in [-0.05, 0) is 100 Å². The number of Topliss-reactive ketones (excluding diaryl/α,β-unsaturated/α-hetero) is 2. The maximum absolute atomic E-state index is 14.2. The lowest BCUT2D eigenvalue weighted by Gasteiger charge is -2.36. The predicted molar refractivity (Wildman–Crippen MR) is 296 cm³/mol. The molecule has 2 aromatic carbocycles. The third kappa shape index (κ3) is 9.29. The van der Waals surface area contributed by atoms with E-state index in [1.54, 1.807) is 63.0 Å². The zero-order valence-electron chi connectivity index (χ0n) is 45.1. The van der Waals surface area contributed by atoms with E-state index in [-0.39, 0.29) is 69.7 Å². The Kier molecular flexibility index (Phi) is 15.4. The van der Waals surface area contributed by atoms with Crippen LogP contribution < -0.4 is 18.9 Å². The van der Waals surface area contributed by atoms with Crippen molar-refractivity contribution in [2.24, 2.45) is 33.5 Å². The fourth-order valence-corrected chi connectivity index (χ4v) is 20.7. The number of ether oxygens (including phenoxy) is 4. The molecule has 4 saturated carbocycles. The molecule has 0 spiro atoms. The Bertz CT molecular complexity index is 3590. The topological polar surface area (TPSA) is 235 Å². The smallest absolute Gasteiger partial charge is 0.242 e. The molecule has 6 atom stereocenters. The van der Waals surface area contributed by atoms with Crippen molar-refractivity contribution >= 4 is 75.3 Å². The number of methoxy groups -OCH3 is 4. The molecule has 0 radical (unpaired) electrons. The molecule has 22 heteroatoms. The molecule has 0 aliphatic heterocycles. The molecule has 416 valence electrons. The molecule has 6 aromatic rings. The standard InChI is InChI=1S/2C27H33N3O6S2.CH4/c1-16-13-28-21(17(2)24(16)36-6)14-37(32)25-29-20-12-19(35-5)7-8-22(20)30(25)38(33,34)15-27-10-9-18(11-23(27)31)26(27,3)4;1-16-13-28-21(17(2)24(16)36-6)14-37(32)25-29-20-8-7-19(35-5)12-22(20)30(25)38(33,34)15-27-10-9-18(11-23(27)31)26(27,3)4;/h2*7-8,12-13,18H,9-11,14-15H2,1-6H3;1H4/t2*18?,27?,37-;/m11./s1. The highest BCUT2D eigenvalue weighted by atomic mass is 32.2. The summed E-state index contributed by atoms with van der Waals surface area (Å²) in [6.07, 6.45) is 6.82. The van der Waals surface area contributed by atoms with E-state index in [9.17, 15) is 34.8 Å². The number of carbonyl (C=O) groups excluding carboxylic acids is 2. The van der Waals surface area contributed by atoms with Crippen LogP contribution in [0.3, 0.4) is 0 Å². The van der Waals surface area contributed by atoms with E-state index < -0.39 is 63.3 Å². The van der Waals surface area contributed by atoms with Gasteiger partial charge >= 0.3 is 0 Å². The van der Waals surface area contributed by atoms with Crippen molar-refractivity contribution in [2.75, 3.05) is 39.9 Å². The van der Waals surface area contributed by atoms with Crippen molar-refractivity contribution < 1.29 is 53.8 Å². The maximum atomic E-state index is 14.2. The molecule has 77 heavy (non-hydrogen) atoms. The van der Waals surface area contributed by atoms with E-state index >= 15 is 0 Å². The van der Waals surface area contributed by atoms with Crippen molar-refractivity contribution in [3.05, 3.63) is 82.4 Å². The molecule has 4 bridgehead atoms. The zero-order chi connectivity index (χ0) is 55.2. The summed E-state index contributed by atoms with van der Waals surface area (Å²) in [6.45, 7) is 15.4. The summed E-state index contributed by atoms with van der Waals surface area (Å²) >= 11 is 0. The molecule has 4 aliphatic carbocycles. The highest BCUT2D eigenvalue weighted by molar-refractivity contribution is 7.91. The Balaban J connectivity index is 0.000000201. The lowest BCUT2D eigenvalue weighted by Crippen LogP contribution is -2.43. The number of nitrogens with zero attached hydrogens (tertiary/aromatic N) is 6. The number of aromatic nitrogens is 6. The molecule has 18 nitrogen and oxygen atoms in total. The van der Waals surface area contributed by atoms with Crippen LogP contribution in [0.15, 0.2) is 59.1 Å². The fraction of sp³-hybridized carbons (Fsp3) is 0.527. The van der Waals surface area contributed by atoms with Crippen LogP contribution in [0.1, 0.15) is 107 Å². The number of hydrogen-bond donors (Lipinski definition) is 0. The molecule has 4 heterocycles. The van der Waals surface area contributed by atoms with Crippen LogP contribution >= 0.6 is 0 Å². The van der Waals surface area contributed by atoms with E-state index in [0.29, 0.717) is 76.6 Å². The molecule has 4 unspecified atom stereocenters. The molecule has 4 fully saturated rings. The Morgan fingerprint density at radius 1 is 0.597 bits per heavy atom. The van der Waals surface area contributed by atoms with Gasteiger partial charge in [0, 0.05) is 59.6 Å². The van der Waals surface area contributed by atoms with Crippen LogP contribution in [-0.2, 0) is 62.7 Å². The van der Waals surface area contributed by atoms with Gasteiger partial charge < -0.3 is 18.9 Å². The number of rotatable bonds is 16. The van der Waals surface area contributed by atoms with Gasteiger partial charge in [-0.25, -0.2) is 34.7 Å². The first-order chi connectivity index (χ1) is 35.7. The average Bonchev–Trinajstić information content (AvgIpc) is 4.22. The number of imidazole rings is 2. The first-order valence-electron chi connectivity index (χ1n) is 25.1. The SMILES string of the molecule is C.COc1ccc2c(c1)nc([S@](=O)Cc1ncc(C)c(OC)c1C)n2S(=O)(=O)CC12CCC(CC1=O)C2(C)C.COc1ccc2nc([S@](=O)Cc3ncc(C)c(OC)c3C)n(S(=O)(=O)CC34CCC(CC3=O)C4(C)C)c2c1. The van der Waals surface area contributed by atoms with Gasteiger partial charge in [-0.2, -0.15) is 0 Å². The second-order valence-electron chi connectivity index (χ2n) is 21.9. The van der Waals surface area contributed by atoms with E-state index in [4.69, 9.17) is 18.9 Å². The molecule has 0 saturated heterocycles. The number of benzene rings is 2. The Morgan fingerprint density at radius 2 is 1.01 bits per heavy atom. The molecular formula is C55H70N6O12S4. The van der Waals surface area contributed by atoms with Gasteiger partial charge in [0.15, 0.2) is 0 Å². The van der Waals surface area contributed by atoms with Crippen molar-refractivity contribution in [1.29, 1.82) is 0 Å². The number of ketones is 2. The van der Waals surface area contributed by atoms with E-state index in [1.165, 1.54) is 14.2 Å². The number of hydrogen-bond acceptors (Lipinski definition) is 16. The van der Waals surface area contributed by atoms with Crippen LogP contribution in [0.4, 0.5) is 0 Å². The highest BCUT2D eigenvalue weighted by Crippen LogP contribution is 2.65. The third-order valence-electron chi connectivity index (χ3n) is 17.7. The minimum atomic E-state index is -4.16. The maximum Gasteiger partial charge on any atom is 0.242 e. The number of aryl methyl sites for hydroxylation is 2. The van der Waals surface area contributed by atoms with Crippen LogP contribution in [0.25, 0.3) is 22.1 Å². The summed E-state index contributed by atoms with van der Waals surface area (Å²) < 4.78 is 108. The van der Waals surface area contributed by atoms with Gasteiger partial charge in [0.2, 0.25) is 30.4 Å². The second kappa shape index (κ2) is 20.6. The van der Waals surface area contributed by atoms with Crippen LogP contribution in [-0.4, -0.2) is 105 Å². The van der Waals surface area contributed by atoms with Gasteiger partial charge in [0.25, 0.3) is 0 Å². The summed E-state index contributed by atoms with van der Waals surface area (Å²) in [5.41, 5.74) is 2.70. The second-order valence-corrected chi connectivity index (χ2v) is 28.3. The molecule has 4 aromatic heterocycles. The van der Waals surface area contributed by atoms with Gasteiger partial charge in [-0.1, -0.05) is 35.1 Å². The van der Waals surface area contributed by atoms with Crippen molar-refractivity contribution in [3.8, 4) is 23.0 Å². The van der Waals surface area contributed by atoms with Crippen molar-refractivity contribution in [1.82, 2.24) is 27.9 Å². The molecule has 10 rings (SSSR count). The summed E-state index contributed by atoms with van der Waals surface area (Å²) in [5, 5.41) is -0.189. The summed E-state index contributed by atoms with van der Waals surface area (Å²) in [6, 6.07) is 9.78. The quantitative estimate of drug-likeness (QED) is 0.0883. The first-order valence-corrected chi connectivity index (χ1v) is 31.0. The number of carbonyl (C=O) groups is 2. The minimum Gasteiger partial charge on any atom is -0.497 e. The van der Waals surface area contributed by atoms with Crippen LogP contribution in [0.5, 0.6) is 23.0 Å². The largest absolute Gasteiger partial charge is 0.497 e. The van der Waals surface area contributed by atoms with Gasteiger partial charge in [-0.3, -0.25) is 28.0 Å². The van der Waals surface area contributed by atoms with E-state index in [0.717, 1.165) is 43.0 Å². The van der Waals surface area contributed by atoms with Gasteiger partial charge in [0.05, 0.1) is 117 Å². The Hall–Kier alpha value is -5.58. The lowest BCUT2D eigenvalue weighted by molar-refractivity contribution is -0.128. The molecule has 0 N–H and O–H groups in total. The predicted octanol–water partition coefficient (Wildman–Crippen LogP) is 8.53. The monoisotopic (exact) mass is 1130 g/mol. The Labute approximate surface area is 456 Å². The molecular weight excluding hydrogens is 1060 g/mol. The highest BCUT2D eigenvalue weighted by Gasteiger charge is 2.67. The minimum absolute atomic E-state index is 0. The molecule has 4 aliphatic rings. The summed E-state index contributed by atoms with van der Waals surface area (Å²) in [4.78, 5) is 44.3. The fourth-order valence-electron chi connectivity index (χ4n) is 12.9. The van der Waals surface area contributed by atoms with Gasteiger partial charge in [0.1, 0.15) is 34.6 Å². The van der Waals surface area contributed by atoms with Gasteiger partial charge in [-0.15, -0.1) is 0 Å². The normalized spacial score (nSPS) is 22.9. The van der Waals surface area contributed by atoms with Crippen LogP contribution in [0, 0.1) is 61.2 Å². The number of fused-ring (bicyclic) bond motifs is 6. The molecule has 0 amide bonds.